The minimum Gasteiger partial charge on any atom is -0.306 e. The molecule has 1 N–H and O–H groups in total. The van der Waals surface area contributed by atoms with E-state index in [1.165, 1.54) is 26.8 Å². The summed E-state index contributed by atoms with van der Waals surface area (Å²) in [7, 11) is 0. The molecule has 0 aliphatic rings. The predicted molar refractivity (Wildman–Crippen MR) is 96.2 cm³/mol. The minimum atomic E-state index is 0.239. The molecule has 0 aliphatic carbocycles. The predicted octanol–water partition coefficient (Wildman–Crippen LogP) is 5.67. The van der Waals surface area contributed by atoms with Crippen LogP contribution in [0.3, 0.4) is 0 Å². The average molecular weight is 360 g/mol. The van der Waals surface area contributed by atoms with E-state index >= 15 is 0 Å². The molecule has 0 radical (unpaired) electrons. The van der Waals surface area contributed by atoms with Crippen molar-refractivity contribution >= 4 is 37.4 Å². The summed E-state index contributed by atoms with van der Waals surface area (Å²) in [5, 5.41) is 7.29. The lowest BCUT2D eigenvalue weighted by Gasteiger charge is -2.21. The van der Waals surface area contributed by atoms with E-state index in [0.29, 0.717) is 0 Å². The molecule has 0 bridgehead atoms. The summed E-state index contributed by atoms with van der Waals surface area (Å²) in [5.41, 5.74) is 4.04. The fourth-order valence-corrected chi connectivity index (χ4v) is 4.10. The Kier molecular flexibility index (Phi) is 4.43. The third-order valence-corrected chi connectivity index (χ3v) is 5.26. The molecule has 0 saturated carbocycles. The van der Waals surface area contributed by atoms with Crippen LogP contribution in [0.1, 0.15) is 29.7 Å². The first-order chi connectivity index (χ1) is 10.2. The van der Waals surface area contributed by atoms with E-state index < -0.39 is 0 Å². The summed E-state index contributed by atoms with van der Waals surface area (Å²) < 4.78 is 2.48. The summed E-state index contributed by atoms with van der Waals surface area (Å²) in [6, 6.07) is 15.4. The van der Waals surface area contributed by atoms with E-state index in [2.05, 4.69) is 82.9 Å². The van der Waals surface area contributed by atoms with E-state index in [-0.39, 0.29) is 6.04 Å². The Morgan fingerprint density at radius 2 is 1.95 bits per heavy atom. The fraction of sp³-hybridized carbons (Fsp3) is 0.222. The van der Waals surface area contributed by atoms with Crippen molar-refractivity contribution in [3.63, 3.8) is 0 Å². The molecule has 1 heterocycles. The number of nitrogens with one attached hydrogen (secondary N) is 1. The zero-order chi connectivity index (χ0) is 14.8. The van der Waals surface area contributed by atoms with Crippen LogP contribution >= 0.6 is 27.3 Å². The van der Waals surface area contributed by atoms with Crippen LogP contribution in [0.5, 0.6) is 0 Å². The second kappa shape index (κ2) is 6.30. The summed E-state index contributed by atoms with van der Waals surface area (Å²) in [5.74, 6) is 0. The van der Waals surface area contributed by atoms with E-state index in [1.54, 1.807) is 0 Å². The lowest BCUT2D eigenvalue weighted by Crippen LogP contribution is -2.22. The fourth-order valence-electron chi connectivity index (χ4n) is 2.74. The highest BCUT2D eigenvalue weighted by Gasteiger charge is 2.19. The number of hydrogen-bond acceptors (Lipinski definition) is 2. The highest BCUT2D eigenvalue weighted by atomic mass is 79.9. The maximum absolute atomic E-state index is 3.65. The van der Waals surface area contributed by atoms with Crippen molar-refractivity contribution in [1.82, 2.24) is 5.32 Å². The van der Waals surface area contributed by atoms with Crippen molar-refractivity contribution in [3.8, 4) is 0 Å². The van der Waals surface area contributed by atoms with Gasteiger partial charge in [0.15, 0.2) is 0 Å². The van der Waals surface area contributed by atoms with Crippen LogP contribution in [-0.2, 0) is 0 Å². The van der Waals surface area contributed by atoms with Crippen LogP contribution < -0.4 is 5.32 Å². The highest BCUT2D eigenvalue weighted by Crippen LogP contribution is 2.35. The van der Waals surface area contributed by atoms with Gasteiger partial charge in [0, 0.05) is 9.17 Å². The van der Waals surface area contributed by atoms with Gasteiger partial charge in [-0.3, -0.25) is 0 Å². The molecule has 0 spiro atoms. The van der Waals surface area contributed by atoms with Crippen LogP contribution in [0.2, 0.25) is 0 Å². The van der Waals surface area contributed by atoms with Crippen LogP contribution in [0.15, 0.2) is 52.3 Å². The number of thiophene rings is 1. The molecule has 0 amide bonds. The summed E-state index contributed by atoms with van der Waals surface area (Å²) >= 11 is 5.42. The van der Waals surface area contributed by atoms with Gasteiger partial charge >= 0.3 is 0 Å². The van der Waals surface area contributed by atoms with E-state index in [9.17, 15) is 0 Å². The number of benzene rings is 2. The largest absolute Gasteiger partial charge is 0.306 e. The van der Waals surface area contributed by atoms with Crippen molar-refractivity contribution in [2.45, 2.75) is 19.9 Å². The zero-order valence-corrected chi connectivity index (χ0v) is 14.6. The lowest BCUT2D eigenvalue weighted by molar-refractivity contribution is 0.632. The van der Waals surface area contributed by atoms with Gasteiger partial charge < -0.3 is 5.32 Å². The van der Waals surface area contributed by atoms with Crippen molar-refractivity contribution < 1.29 is 0 Å². The summed E-state index contributed by atoms with van der Waals surface area (Å²) in [4.78, 5) is 0. The van der Waals surface area contributed by atoms with Gasteiger partial charge in [-0.1, -0.05) is 47.1 Å². The number of halogens is 1. The Balaban J connectivity index is 2.15. The van der Waals surface area contributed by atoms with Crippen LogP contribution in [0, 0.1) is 6.92 Å². The SMILES string of the molecule is CCNC(c1cc(Br)ccc1C)c1csc2ccccc12. The molecular weight excluding hydrogens is 342 g/mol. The number of rotatable bonds is 4. The van der Waals surface area contributed by atoms with E-state index in [1.807, 2.05) is 11.3 Å². The van der Waals surface area contributed by atoms with Crippen molar-refractivity contribution in [2.75, 3.05) is 6.54 Å². The average Bonchev–Trinajstić information content (AvgIpc) is 2.91. The number of aryl methyl sites for hydroxylation is 1. The smallest absolute Gasteiger partial charge is 0.0594 e. The molecule has 0 aliphatic heterocycles. The van der Waals surface area contributed by atoms with Gasteiger partial charge in [-0.05, 0) is 59.1 Å². The summed E-state index contributed by atoms with van der Waals surface area (Å²) in [6.07, 6.45) is 0. The Morgan fingerprint density at radius 3 is 2.76 bits per heavy atom. The number of hydrogen-bond donors (Lipinski definition) is 1. The molecule has 1 aromatic heterocycles. The van der Waals surface area contributed by atoms with Gasteiger partial charge in [-0.25, -0.2) is 0 Å². The molecule has 0 saturated heterocycles. The van der Waals surface area contributed by atoms with Crippen molar-refractivity contribution in [3.05, 3.63) is 69.0 Å². The quantitative estimate of drug-likeness (QED) is 0.632. The first kappa shape index (κ1) is 14.8. The van der Waals surface area contributed by atoms with Crippen LogP contribution in [-0.4, -0.2) is 6.54 Å². The van der Waals surface area contributed by atoms with Gasteiger partial charge in [0.25, 0.3) is 0 Å². The standard InChI is InChI=1S/C18H18BrNS/c1-3-20-18(15-10-13(19)9-8-12(15)2)16-11-21-17-7-5-4-6-14(16)17/h4-11,18,20H,3H2,1-2H3. The summed E-state index contributed by atoms with van der Waals surface area (Å²) in [6.45, 7) is 5.29. The molecule has 0 fully saturated rings. The molecular formula is C18H18BrNS. The Labute approximate surface area is 138 Å². The Hall–Kier alpha value is -1.16. The first-order valence-corrected chi connectivity index (χ1v) is 8.83. The van der Waals surface area contributed by atoms with Gasteiger partial charge in [-0.2, -0.15) is 0 Å². The third kappa shape index (κ3) is 2.91. The second-order valence-corrected chi connectivity index (χ2v) is 7.01. The topological polar surface area (TPSA) is 12.0 Å². The molecule has 3 rings (SSSR count). The normalized spacial score (nSPS) is 12.7. The van der Waals surface area contributed by atoms with Gasteiger partial charge in [-0.15, -0.1) is 11.3 Å². The van der Waals surface area contributed by atoms with Crippen LogP contribution in [0.4, 0.5) is 0 Å². The molecule has 1 unspecified atom stereocenters. The molecule has 1 atom stereocenters. The van der Waals surface area contributed by atoms with Crippen molar-refractivity contribution in [1.29, 1.82) is 0 Å². The Morgan fingerprint density at radius 1 is 1.14 bits per heavy atom. The third-order valence-electron chi connectivity index (χ3n) is 3.78. The van der Waals surface area contributed by atoms with Gasteiger partial charge in [0.05, 0.1) is 6.04 Å². The maximum atomic E-state index is 3.65. The van der Waals surface area contributed by atoms with Crippen molar-refractivity contribution in [2.24, 2.45) is 0 Å². The monoisotopic (exact) mass is 359 g/mol. The first-order valence-electron chi connectivity index (χ1n) is 7.16. The molecule has 2 aromatic carbocycles. The molecule has 21 heavy (non-hydrogen) atoms. The zero-order valence-electron chi connectivity index (χ0n) is 12.2. The van der Waals surface area contributed by atoms with Crippen LogP contribution in [0.25, 0.3) is 10.1 Å². The minimum absolute atomic E-state index is 0.239. The lowest BCUT2D eigenvalue weighted by atomic mass is 9.94. The molecule has 1 nitrogen and oxygen atoms in total. The Bertz CT molecular complexity index is 763. The van der Waals surface area contributed by atoms with Gasteiger partial charge in [0.1, 0.15) is 0 Å². The van der Waals surface area contributed by atoms with E-state index in [0.717, 1.165) is 11.0 Å². The maximum Gasteiger partial charge on any atom is 0.0594 e. The molecule has 3 heteroatoms. The number of fused-ring (bicyclic) bond motifs is 1. The van der Waals surface area contributed by atoms with Gasteiger partial charge in [0.2, 0.25) is 0 Å². The van der Waals surface area contributed by atoms with E-state index in [4.69, 9.17) is 0 Å². The second-order valence-electron chi connectivity index (χ2n) is 5.18. The molecule has 3 aromatic rings. The highest BCUT2D eigenvalue weighted by molar-refractivity contribution is 9.10. The molecule has 108 valence electrons.